The van der Waals surface area contributed by atoms with Crippen molar-refractivity contribution in [3.8, 4) is 0 Å². The fraction of sp³-hybridized carbons (Fsp3) is 0.867. The van der Waals surface area contributed by atoms with Gasteiger partial charge in [0.25, 0.3) is 0 Å². The van der Waals surface area contributed by atoms with Crippen LogP contribution >= 0.6 is 0 Å². The van der Waals surface area contributed by atoms with E-state index in [4.69, 9.17) is 5.11 Å². The Hall–Kier alpha value is -1.26. The van der Waals surface area contributed by atoms with E-state index in [9.17, 15) is 9.59 Å². The Kier molecular flexibility index (Phi) is 6.82. The van der Waals surface area contributed by atoms with Gasteiger partial charge in [-0.05, 0) is 38.5 Å². The van der Waals surface area contributed by atoms with E-state index in [1.165, 1.54) is 19.3 Å². The molecule has 0 radical (unpaired) electrons. The summed E-state index contributed by atoms with van der Waals surface area (Å²) in [5.74, 6) is -0.440. The van der Waals surface area contributed by atoms with Gasteiger partial charge in [0.15, 0.2) is 0 Å². The first-order chi connectivity index (χ1) is 9.41. The summed E-state index contributed by atoms with van der Waals surface area (Å²) in [5, 5.41) is 14.6. The lowest BCUT2D eigenvalue weighted by Gasteiger charge is -2.34. The maximum Gasteiger partial charge on any atom is 0.315 e. The first-order valence-corrected chi connectivity index (χ1v) is 7.69. The number of amides is 2. The third kappa shape index (κ3) is 6.78. The number of carboxylic acid groups (broad SMARTS) is 1. The van der Waals surface area contributed by atoms with Gasteiger partial charge in [0.1, 0.15) is 0 Å². The fourth-order valence-corrected chi connectivity index (χ4v) is 2.72. The van der Waals surface area contributed by atoms with Crippen molar-refractivity contribution in [1.82, 2.24) is 10.6 Å². The van der Waals surface area contributed by atoms with Crippen LogP contribution in [0.3, 0.4) is 0 Å². The molecule has 1 atom stereocenters. The van der Waals surface area contributed by atoms with Gasteiger partial charge in [-0.25, -0.2) is 4.79 Å². The molecule has 0 bridgehead atoms. The lowest BCUT2D eigenvalue weighted by molar-refractivity contribution is -0.137. The van der Waals surface area contributed by atoms with E-state index in [1.54, 1.807) is 0 Å². The van der Waals surface area contributed by atoms with Crippen molar-refractivity contribution in [3.05, 3.63) is 0 Å². The second-order valence-corrected chi connectivity index (χ2v) is 6.33. The third-order valence-electron chi connectivity index (χ3n) is 4.15. The molecule has 0 aliphatic heterocycles. The molecule has 0 saturated heterocycles. The number of hydrogen-bond acceptors (Lipinski definition) is 2. The second kappa shape index (κ2) is 8.12. The van der Waals surface area contributed by atoms with Gasteiger partial charge in [-0.15, -0.1) is 0 Å². The maximum absolute atomic E-state index is 11.8. The van der Waals surface area contributed by atoms with Crippen molar-refractivity contribution >= 4 is 12.0 Å². The van der Waals surface area contributed by atoms with Gasteiger partial charge in [0.2, 0.25) is 0 Å². The van der Waals surface area contributed by atoms with Crippen LogP contribution in [0.2, 0.25) is 0 Å². The monoisotopic (exact) mass is 284 g/mol. The molecule has 5 nitrogen and oxygen atoms in total. The molecular formula is C15H28N2O3. The quantitative estimate of drug-likeness (QED) is 0.672. The predicted molar refractivity (Wildman–Crippen MR) is 78.7 cm³/mol. The van der Waals surface area contributed by atoms with Gasteiger partial charge in [-0.3, -0.25) is 4.79 Å². The Morgan fingerprint density at radius 2 is 1.85 bits per heavy atom. The minimum atomic E-state index is -0.757. The van der Waals surface area contributed by atoms with Crippen LogP contribution in [0.5, 0.6) is 0 Å². The average Bonchev–Trinajstić information content (AvgIpc) is 2.36. The van der Waals surface area contributed by atoms with Crippen molar-refractivity contribution in [2.24, 2.45) is 5.92 Å². The zero-order valence-electron chi connectivity index (χ0n) is 12.7. The molecule has 0 aromatic carbocycles. The third-order valence-corrected chi connectivity index (χ3v) is 4.15. The van der Waals surface area contributed by atoms with Crippen LogP contribution in [-0.2, 0) is 4.79 Å². The molecule has 1 saturated carbocycles. The van der Waals surface area contributed by atoms with Crippen molar-refractivity contribution in [1.29, 1.82) is 0 Å². The molecule has 5 heteroatoms. The van der Waals surface area contributed by atoms with E-state index in [0.717, 1.165) is 19.3 Å². The molecule has 1 fully saturated rings. The number of carboxylic acids is 1. The molecule has 0 spiro atoms. The highest BCUT2D eigenvalue weighted by atomic mass is 16.4. The highest BCUT2D eigenvalue weighted by Gasteiger charge is 2.28. The van der Waals surface area contributed by atoms with E-state index >= 15 is 0 Å². The second-order valence-electron chi connectivity index (χ2n) is 6.33. The van der Waals surface area contributed by atoms with Gasteiger partial charge in [-0.2, -0.15) is 0 Å². The molecule has 116 valence electrons. The van der Waals surface area contributed by atoms with Crippen LogP contribution in [0.4, 0.5) is 4.79 Å². The summed E-state index contributed by atoms with van der Waals surface area (Å²) in [6, 6.07) is -0.0974. The molecule has 1 aliphatic rings. The Morgan fingerprint density at radius 1 is 1.20 bits per heavy atom. The summed E-state index contributed by atoms with van der Waals surface area (Å²) in [6.45, 7) is 4.73. The van der Waals surface area contributed by atoms with E-state index < -0.39 is 5.97 Å². The average molecular weight is 284 g/mol. The summed E-state index contributed by atoms with van der Waals surface area (Å²) in [5.41, 5.74) is -0.0583. The molecule has 1 unspecified atom stereocenters. The molecule has 20 heavy (non-hydrogen) atoms. The topological polar surface area (TPSA) is 78.4 Å². The van der Waals surface area contributed by atoms with Crippen LogP contribution in [-0.4, -0.2) is 29.2 Å². The Bertz CT molecular complexity index is 325. The van der Waals surface area contributed by atoms with Crippen LogP contribution in [0.25, 0.3) is 0 Å². The van der Waals surface area contributed by atoms with E-state index in [2.05, 4.69) is 17.6 Å². The number of nitrogens with one attached hydrogen (secondary N) is 2. The van der Waals surface area contributed by atoms with E-state index in [0.29, 0.717) is 18.9 Å². The summed E-state index contributed by atoms with van der Waals surface area (Å²) in [7, 11) is 0. The van der Waals surface area contributed by atoms with Crippen molar-refractivity contribution in [3.63, 3.8) is 0 Å². The van der Waals surface area contributed by atoms with Crippen LogP contribution in [0, 0.1) is 5.92 Å². The Labute approximate surface area is 121 Å². The molecule has 2 amide bonds. The molecular weight excluding hydrogens is 256 g/mol. The summed E-state index contributed by atoms with van der Waals surface area (Å²) < 4.78 is 0. The highest BCUT2D eigenvalue weighted by Crippen LogP contribution is 2.27. The lowest BCUT2D eigenvalue weighted by Crippen LogP contribution is -2.51. The number of carbonyl (C=O) groups excluding carboxylic acids is 1. The van der Waals surface area contributed by atoms with E-state index in [1.807, 2.05) is 6.92 Å². The van der Waals surface area contributed by atoms with E-state index in [-0.39, 0.29) is 18.0 Å². The smallest absolute Gasteiger partial charge is 0.315 e. The Morgan fingerprint density at radius 3 is 2.45 bits per heavy atom. The molecule has 1 aliphatic carbocycles. The summed E-state index contributed by atoms with van der Waals surface area (Å²) in [4.78, 5) is 22.3. The standard InChI is InChI=1S/C15H28N2O3/c1-12(6-7-13(18)19)8-11-16-14(20)17-15(2)9-4-3-5-10-15/h12H,3-11H2,1-2H3,(H,18,19)(H2,16,17,20). The normalized spacial score (nSPS) is 19.1. The van der Waals surface area contributed by atoms with Crippen LogP contribution in [0.15, 0.2) is 0 Å². The van der Waals surface area contributed by atoms with Crippen molar-refractivity contribution < 1.29 is 14.7 Å². The molecule has 3 N–H and O–H groups in total. The van der Waals surface area contributed by atoms with Crippen LogP contribution in [0.1, 0.15) is 65.2 Å². The zero-order valence-corrected chi connectivity index (χ0v) is 12.7. The number of urea groups is 1. The summed E-state index contributed by atoms with van der Waals surface area (Å²) in [6.07, 6.45) is 7.41. The molecule has 1 rings (SSSR count). The maximum atomic E-state index is 11.8. The minimum absolute atomic E-state index is 0.0583. The van der Waals surface area contributed by atoms with Crippen molar-refractivity contribution in [2.45, 2.75) is 70.8 Å². The van der Waals surface area contributed by atoms with Gasteiger partial charge >= 0.3 is 12.0 Å². The van der Waals surface area contributed by atoms with Gasteiger partial charge in [-0.1, -0.05) is 26.2 Å². The molecule has 0 aromatic heterocycles. The number of hydrogen-bond donors (Lipinski definition) is 3. The largest absolute Gasteiger partial charge is 0.481 e. The van der Waals surface area contributed by atoms with Gasteiger partial charge in [0, 0.05) is 18.5 Å². The predicted octanol–water partition coefficient (Wildman–Crippen LogP) is 2.90. The molecule has 0 heterocycles. The minimum Gasteiger partial charge on any atom is -0.481 e. The van der Waals surface area contributed by atoms with Crippen LogP contribution < -0.4 is 10.6 Å². The number of rotatable bonds is 7. The molecule has 0 aromatic rings. The zero-order chi connectivity index (χ0) is 15.0. The highest BCUT2D eigenvalue weighted by molar-refractivity contribution is 5.74. The van der Waals surface area contributed by atoms with Gasteiger partial charge < -0.3 is 15.7 Å². The number of carbonyl (C=O) groups is 2. The summed E-state index contributed by atoms with van der Waals surface area (Å²) >= 11 is 0. The first-order valence-electron chi connectivity index (χ1n) is 7.69. The van der Waals surface area contributed by atoms with Crippen molar-refractivity contribution in [2.75, 3.05) is 6.54 Å². The van der Waals surface area contributed by atoms with Gasteiger partial charge in [0.05, 0.1) is 0 Å². The first kappa shape index (κ1) is 16.8. The fourth-order valence-electron chi connectivity index (χ4n) is 2.72. The number of aliphatic carboxylic acids is 1. The lowest BCUT2D eigenvalue weighted by atomic mass is 9.83. The Balaban J connectivity index is 2.14. The SMILES string of the molecule is CC(CCNC(=O)NC1(C)CCCCC1)CCC(=O)O.